The van der Waals surface area contributed by atoms with E-state index in [9.17, 15) is 14.4 Å². The Labute approximate surface area is 187 Å². The molecule has 0 bridgehead atoms. The lowest BCUT2D eigenvalue weighted by molar-refractivity contribution is -0.133. The van der Waals surface area contributed by atoms with E-state index in [1.165, 1.54) is 4.68 Å². The molecule has 3 heterocycles. The van der Waals surface area contributed by atoms with Crippen LogP contribution in [0.5, 0.6) is 5.75 Å². The minimum atomic E-state index is -0.126. The maximum atomic E-state index is 12.9. The van der Waals surface area contributed by atoms with E-state index >= 15 is 0 Å². The van der Waals surface area contributed by atoms with Crippen molar-refractivity contribution in [3.63, 3.8) is 0 Å². The lowest BCUT2D eigenvalue weighted by atomic mass is 10.1. The minimum Gasteiger partial charge on any atom is -0.497 e. The summed E-state index contributed by atoms with van der Waals surface area (Å²) in [5.74, 6) is 1.62. The molecular formula is C23H31N5O4. The van der Waals surface area contributed by atoms with Gasteiger partial charge in [-0.2, -0.15) is 5.10 Å². The standard InChI is InChI=1S/C23H31N5O4/c1-32-19-6-4-5-17(15-19)16-28-23(31)27-14-10-18(8-9-20(27)25-28)24-21(29)11-13-26-12-3-2-7-22(26)30/h4-6,15,18H,2-3,7-14,16H2,1H3,(H,24,29). The average Bonchev–Trinajstić information content (AvgIpc) is 2.95. The van der Waals surface area contributed by atoms with Gasteiger partial charge in [-0.25, -0.2) is 9.48 Å². The van der Waals surface area contributed by atoms with Crippen molar-refractivity contribution in [2.24, 2.45) is 0 Å². The second-order valence-electron chi connectivity index (χ2n) is 8.54. The molecule has 0 spiro atoms. The number of likely N-dealkylation sites (tertiary alicyclic amines) is 1. The quantitative estimate of drug-likeness (QED) is 0.699. The van der Waals surface area contributed by atoms with Gasteiger partial charge in [-0.1, -0.05) is 12.1 Å². The number of amides is 2. The van der Waals surface area contributed by atoms with Crippen LogP contribution in [0.3, 0.4) is 0 Å². The summed E-state index contributed by atoms with van der Waals surface area (Å²) in [5, 5.41) is 7.63. The number of fused-ring (bicyclic) bond motifs is 1. The van der Waals surface area contributed by atoms with Crippen LogP contribution in [0.15, 0.2) is 29.1 Å². The summed E-state index contributed by atoms with van der Waals surface area (Å²) < 4.78 is 8.47. The molecule has 1 aromatic carbocycles. The molecule has 0 saturated carbocycles. The molecule has 2 aliphatic heterocycles. The van der Waals surface area contributed by atoms with Gasteiger partial charge in [0.2, 0.25) is 11.8 Å². The molecule has 1 atom stereocenters. The number of piperidine rings is 1. The van der Waals surface area contributed by atoms with Crippen LogP contribution in [0.4, 0.5) is 0 Å². The predicted molar refractivity (Wildman–Crippen MR) is 118 cm³/mol. The number of ether oxygens (including phenoxy) is 1. The van der Waals surface area contributed by atoms with Crippen molar-refractivity contribution in [2.75, 3.05) is 20.2 Å². The summed E-state index contributed by atoms with van der Waals surface area (Å²) in [5.41, 5.74) is 0.829. The fourth-order valence-electron chi connectivity index (χ4n) is 4.45. The van der Waals surface area contributed by atoms with E-state index in [4.69, 9.17) is 4.74 Å². The number of nitrogens with zero attached hydrogens (tertiary/aromatic N) is 4. The van der Waals surface area contributed by atoms with Crippen LogP contribution in [0.25, 0.3) is 0 Å². The van der Waals surface area contributed by atoms with Crippen molar-refractivity contribution in [3.05, 3.63) is 46.1 Å². The van der Waals surface area contributed by atoms with Crippen LogP contribution in [0.1, 0.15) is 49.9 Å². The Bertz CT molecular complexity index is 1030. The highest BCUT2D eigenvalue weighted by Gasteiger charge is 2.23. The third kappa shape index (κ3) is 5.20. The van der Waals surface area contributed by atoms with Gasteiger partial charge in [-0.3, -0.25) is 14.2 Å². The van der Waals surface area contributed by atoms with E-state index in [-0.39, 0.29) is 23.5 Å². The zero-order valence-electron chi connectivity index (χ0n) is 18.6. The second-order valence-corrected chi connectivity index (χ2v) is 8.54. The number of carbonyl (C=O) groups excluding carboxylic acids is 2. The molecule has 4 rings (SSSR count). The van der Waals surface area contributed by atoms with Gasteiger partial charge < -0.3 is 15.0 Å². The molecule has 9 nitrogen and oxygen atoms in total. The summed E-state index contributed by atoms with van der Waals surface area (Å²) in [4.78, 5) is 39.0. The monoisotopic (exact) mass is 441 g/mol. The lowest BCUT2D eigenvalue weighted by Crippen LogP contribution is -2.40. The Balaban J connectivity index is 1.31. The number of benzene rings is 1. The first kappa shape index (κ1) is 22.1. The third-order valence-corrected chi connectivity index (χ3v) is 6.28. The highest BCUT2D eigenvalue weighted by molar-refractivity contribution is 5.79. The molecule has 2 amide bonds. The fourth-order valence-corrected chi connectivity index (χ4v) is 4.45. The number of carbonyl (C=O) groups is 2. The number of hydrogen-bond acceptors (Lipinski definition) is 5. The number of nitrogens with one attached hydrogen (secondary N) is 1. The van der Waals surface area contributed by atoms with E-state index in [1.54, 1.807) is 16.6 Å². The largest absolute Gasteiger partial charge is 0.497 e. The first-order valence-corrected chi connectivity index (χ1v) is 11.4. The fraction of sp³-hybridized carbons (Fsp3) is 0.565. The number of methoxy groups -OCH3 is 1. The molecule has 9 heteroatoms. The van der Waals surface area contributed by atoms with Crippen molar-refractivity contribution in [1.82, 2.24) is 24.6 Å². The summed E-state index contributed by atoms with van der Waals surface area (Å²) in [6.45, 7) is 2.15. The van der Waals surface area contributed by atoms with Gasteiger partial charge >= 0.3 is 5.69 Å². The van der Waals surface area contributed by atoms with Crippen molar-refractivity contribution < 1.29 is 14.3 Å². The molecule has 32 heavy (non-hydrogen) atoms. The Kier molecular flexibility index (Phi) is 6.92. The number of aromatic nitrogens is 3. The maximum Gasteiger partial charge on any atom is 0.346 e. The highest BCUT2D eigenvalue weighted by Crippen LogP contribution is 2.15. The van der Waals surface area contributed by atoms with Crippen LogP contribution in [-0.2, 0) is 29.1 Å². The summed E-state index contributed by atoms with van der Waals surface area (Å²) in [6.07, 6.45) is 4.92. The van der Waals surface area contributed by atoms with Crippen LogP contribution >= 0.6 is 0 Å². The smallest absolute Gasteiger partial charge is 0.346 e. The Hall–Kier alpha value is -3.10. The SMILES string of the molecule is COc1cccc(Cn2nc3n(c2=O)CCC(NC(=O)CCN2CCCCC2=O)CC3)c1. The van der Waals surface area contributed by atoms with E-state index in [2.05, 4.69) is 10.4 Å². The predicted octanol–water partition coefficient (Wildman–Crippen LogP) is 1.33. The van der Waals surface area contributed by atoms with Gasteiger partial charge in [0.1, 0.15) is 11.6 Å². The van der Waals surface area contributed by atoms with E-state index in [0.29, 0.717) is 45.3 Å². The molecule has 0 radical (unpaired) electrons. The number of rotatable bonds is 7. The van der Waals surface area contributed by atoms with Gasteiger partial charge in [-0.05, 0) is 43.4 Å². The Morgan fingerprint density at radius 2 is 2.06 bits per heavy atom. The molecule has 2 aliphatic rings. The molecule has 1 fully saturated rings. The highest BCUT2D eigenvalue weighted by atomic mass is 16.5. The summed E-state index contributed by atoms with van der Waals surface area (Å²) in [6, 6.07) is 7.62. The van der Waals surface area contributed by atoms with E-state index in [0.717, 1.165) is 42.9 Å². The van der Waals surface area contributed by atoms with Crippen molar-refractivity contribution in [3.8, 4) is 5.75 Å². The average molecular weight is 442 g/mol. The van der Waals surface area contributed by atoms with Gasteiger partial charge in [-0.15, -0.1) is 0 Å². The molecule has 1 unspecified atom stereocenters. The summed E-state index contributed by atoms with van der Waals surface area (Å²) in [7, 11) is 1.62. The molecule has 0 aliphatic carbocycles. The lowest BCUT2D eigenvalue weighted by Gasteiger charge is -2.26. The van der Waals surface area contributed by atoms with Crippen LogP contribution in [-0.4, -0.2) is 57.3 Å². The minimum absolute atomic E-state index is 0.00694. The molecule has 2 aromatic rings. The van der Waals surface area contributed by atoms with Gasteiger partial charge in [0.05, 0.1) is 13.7 Å². The van der Waals surface area contributed by atoms with Crippen LogP contribution < -0.4 is 15.7 Å². The number of hydrogen-bond donors (Lipinski definition) is 1. The van der Waals surface area contributed by atoms with Gasteiger partial charge in [0.15, 0.2) is 0 Å². The van der Waals surface area contributed by atoms with Gasteiger partial charge in [0, 0.05) is 44.9 Å². The first-order chi connectivity index (χ1) is 15.5. The zero-order valence-corrected chi connectivity index (χ0v) is 18.6. The molecule has 1 aromatic heterocycles. The molecular weight excluding hydrogens is 410 g/mol. The van der Waals surface area contributed by atoms with Crippen LogP contribution in [0.2, 0.25) is 0 Å². The topological polar surface area (TPSA) is 98.5 Å². The van der Waals surface area contributed by atoms with Crippen LogP contribution in [0, 0.1) is 0 Å². The van der Waals surface area contributed by atoms with Gasteiger partial charge in [0.25, 0.3) is 0 Å². The third-order valence-electron chi connectivity index (χ3n) is 6.28. The second kappa shape index (κ2) is 10.0. The molecule has 172 valence electrons. The Morgan fingerprint density at radius 1 is 1.19 bits per heavy atom. The molecule has 1 saturated heterocycles. The number of aryl methyl sites for hydroxylation is 1. The Morgan fingerprint density at radius 3 is 2.88 bits per heavy atom. The van der Waals surface area contributed by atoms with E-state index < -0.39 is 0 Å². The first-order valence-electron chi connectivity index (χ1n) is 11.4. The van der Waals surface area contributed by atoms with Crippen molar-refractivity contribution >= 4 is 11.8 Å². The zero-order chi connectivity index (χ0) is 22.5. The normalized spacial score (nSPS) is 18.7. The van der Waals surface area contributed by atoms with Crippen molar-refractivity contribution in [2.45, 2.75) is 64.1 Å². The van der Waals surface area contributed by atoms with Crippen molar-refractivity contribution in [1.29, 1.82) is 0 Å². The summed E-state index contributed by atoms with van der Waals surface area (Å²) >= 11 is 0. The maximum absolute atomic E-state index is 12.9. The van der Waals surface area contributed by atoms with E-state index in [1.807, 2.05) is 24.3 Å². The molecule has 1 N–H and O–H groups in total.